The molecule has 21 heavy (non-hydrogen) atoms. The van der Waals surface area contributed by atoms with Crippen molar-refractivity contribution < 1.29 is 18.7 Å². The summed E-state index contributed by atoms with van der Waals surface area (Å²) in [5, 5.41) is 5.46. The number of benzene rings is 1. The molecule has 7 heteroatoms. The highest BCUT2D eigenvalue weighted by atomic mass is 35.5. The van der Waals surface area contributed by atoms with Crippen LogP contribution in [0.2, 0.25) is 5.02 Å². The van der Waals surface area contributed by atoms with Crippen LogP contribution in [0.4, 0.5) is 11.6 Å². The molecule has 1 aromatic heterocycles. The normalized spacial score (nSPS) is 10.0. The average molecular weight is 309 g/mol. The van der Waals surface area contributed by atoms with Gasteiger partial charge in [0.15, 0.2) is 11.6 Å². The first-order valence-electron chi connectivity index (χ1n) is 6.02. The molecule has 0 bridgehead atoms. The van der Waals surface area contributed by atoms with E-state index in [-0.39, 0.29) is 17.6 Å². The van der Waals surface area contributed by atoms with Crippen molar-refractivity contribution in [2.75, 3.05) is 17.7 Å². The highest BCUT2D eigenvalue weighted by Crippen LogP contribution is 2.27. The van der Waals surface area contributed by atoms with Crippen molar-refractivity contribution in [1.29, 1.82) is 0 Å². The molecule has 0 unspecified atom stereocenters. The molecule has 1 aromatic carbocycles. The summed E-state index contributed by atoms with van der Waals surface area (Å²) in [5.74, 6) is 0.0674. The average Bonchev–Trinajstić information content (AvgIpc) is 2.86. The van der Waals surface area contributed by atoms with E-state index in [1.807, 2.05) is 0 Å². The number of halogens is 1. The minimum Gasteiger partial charge on any atom is -0.495 e. The van der Waals surface area contributed by atoms with Gasteiger partial charge in [-0.3, -0.25) is 14.9 Å². The van der Waals surface area contributed by atoms with Crippen molar-refractivity contribution in [3.05, 3.63) is 41.1 Å². The molecule has 110 valence electrons. The molecule has 2 rings (SSSR count). The van der Waals surface area contributed by atoms with Crippen molar-refractivity contribution in [3.8, 4) is 5.75 Å². The Morgan fingerprint density at radius 2 is 1.95 bits per heavy atom. The Morgan fingerprint density at radius 1 is 1.19 bits per heavy atom. The molecule has 0 aliphatic heterocycles. The molecule has 0 saturated heterocycles. The number of rotatable bonds is 4. The molecular formula is C14H13ClN2O4. The van der Waals surface area contributed by atoms with Crippen molar-refractivity contribution in [2.24, 2.45) is 0 Å². The zero-order valence-corrected chi connectivity index (χ0v) is 12.2. The van der Waals surface area contributed by atoms with E-state index in [0.29, 0.717) is 16.5 Å². The summed E-state index contributed by atoms with van der Waals surface area (Å²) in [7, 11) is 1.51. The van der Waals surface area contributed by atoms with Gasteiger partial charge in [0, 0.05) is 18.7 Å². The number of methoxy groups -OCH3 is 1. The Morgan fingerprint density at radius 3 is 2.57 bits per heavy atom. The molecule has 2 aromatic rings. The van der Waals surface area contributed by atoms with Crippen LogP contribution in [0.5, 0.6) is 5.75 Å². The summed E-state index contributed by atoms with van der Waals surface area (Å²) < 4.78 is 10.2. The smallest absolute Gasteiger partial charge is 0.291 e. The molecule has 2 amide bonds. The molecule has 0 atom stereocenters. The van der Waals surface area contributed by atoms with Crippen LogP contribution >= 0.6 is 11.6 Å². The zero-order valence-electron chi connectivity index (χ0n) is 11.4. The van der Waals surface area contributed by atoms with Gasteiger partial charge in [-0.1, -0.05) is 11.6 Å². The first kappa shape index (κ1) is 14.9. The lowest BCUT2D eigenvalue weighted by Crippen LogP contribution is -2.11. The SMILES string of the molecule is COc1ccc(NC(=O)c2ccc(NC(C)=O)o2)cc1Cl. The molecule has 0 fully saturated rings. The van der Waals surface area contributed by atoms with E-state index in [2.05, 4.69) is 10.6 Å². The second-order valence-corrected chi connectivity index (χ2v) is 4.56. The van der Waals surface area contributed by atoms with Crippen LogP contribution in [0.3, 0.4) is 0 Å². The van der Waals surface area contributed by atoms with Gasteiger partial charge in [-0.2, -0.15) is 0 Å². The first-order chi connectivity index (χ1) is 9.99. The third-order valence-electron chi connectivity index (χ3n) is 2.54. The van der Waals surface area contributed by atoms with Crippen LogP contribution in [0.25, 0.3) is 0 Å². The number of nitrogens with one attached hydrogen (secondary N) is 2. The minimum atomic E-state index is -0.451. The molecule has 1 heterocycles. The first-order valence-corrected chi connectivity index (χ1v) is 6.39. The quantitative estimate of drug-likeness (QED) is 0.909. The van der Waals surface area contributed by atoms with Crippen LogP contribution in [0.15, 0.2) is 34.7 Å². The van der Waals surface area contributed by atoms with Crippen molar-refractivity contribution >= 4 is 35.0 Å². The minimum absolute atomic E-state index is 0.0747. The van der Waals surface area contributed by atoms with Gasteiger partial charge in [0.1, 0.15) is 5.75 Å². The number of hydrogen-bond acceptors (Lipinski definition) is 4. The molecule has 2 N–H and O–H groups in total. The predicted molar refractivity (Wildman–Crippen MR) is 79.0 cm³/mol. The third-order valence-corrected chi connectivity index (χ3v) is 2.83. The summed E-state index contributed by atoms with van der Waals surface area (Å²) in [4.78, 5) is 22.9. The molecule has 0 aliphatic carbocycles. The van der Waals surface area contributed by atoms with Crippen LogP contribution in [0.1, 0.15) is 17.5 Å². The van der Waals surface area contributed by atoms with E-state index >= 15 is 0 Å². The lowest BCUT2D eigenvalue weighted by molar-refractivity contribution is -0.114. The van der Waals surface area contributed by atoms with Gasteiger partial charge in [-0.15, -0.1) is 0 Å². The van der Waals surface area contributed by atoms with E-state index in [1.165, 1.54) is 26.2 Å². The number of carbonyl (C=O) groups excluding carboxylic acids is 2. The summed E-state index contributed by atoms with van der Waals surface area (Å²) >= 11 is 5.97. The van der Waals surface area contributed by atoms with Crippen LogP contribution in [-0.2, 0) is 4.79 Å². The predicted octanol–water partition coefficient (Wildman–Crippen LogP) is 3.15. The van der Waals surface area contributed by atoms with Gasteiger partial charge in [0.05, 0.1) is 12.1 Å². The highest BCUT2D eigenvalue weighted by molar-refractivity contribution is 6.32. The number of carbonyl (C=O) groups is 2. The summed E-state index contributed by atoms with van der Waals surface area (Å²) in [6.07, 6.45) is 0. The lowest BCUT2D eigenvalue weighted by atomic mass is 10.3. The molecule has 0 aliphatic rings. The number of hydrogen-bond donors (Lipinski definition) is 2. The number of ether oxygens (including phenoxy) is 1. The standard InChI is InChI=1S/C14H13ClN2O4/c1-8(18)16-13-6-5-12(21-13)14(19)17-9-3-4-11(20-2)10(15)7-9/h3-7H,1-2H3,(H,16,18)(H,17,19). The maximum Gasteiger partial charge on any atom is 0.291 e. The number of amides is 2. The third kappa shape index (κ3) is 3.76. The van der Waals surface area contributed by atoms with Crippen molar-refractivity contribution in [2.45, 2.75) is 6.92 Å². The Balaban J connectivity index is 2.09. The van der Waals surface area contributed by atoms with E-state index in [0.717, 1.165) is 0 Å². The molecular weight excluding hydrogens is 296 g/mol. The topological polar surface area (TPSA) is 80.6 Å². The van der Waals surface area contributed by atoms with Gasteiger partial charge >= 0.3 is 0 Å². The highest BCUT2D eigenvalue weighted by Gasteiger charge is 2.13. The van der Waals surface area contributed by atoms with Gasteiger partial charge in [0.25, 0.3) is 5.91 Å². The van der Waals surface area contributed by atoms with Crippen LogP contribution in [0, 0.1) is 0 Å². The van der Waals surface area contributed by atoms with Crippen molar-refractivity contribution in [3.63, 3.8) is 0 Å². The summed E-state index contributed by atoms with van der Waals surface area (Å²) in [5.41, 5.74) is 0.503. The fourth-order valence-electron chi connectivity index (χ4n) is 1.64. The molecule has 0 radical (unpaired) electrons. The maximum atomic E-state index is 12.0. The second kappa shape index (κ2) is 6.32. The summed E-state index contributed by atoms with van der Waals surface area (Å²) in [6, 6.07) is 7.82. The Kier molecular flexibility index (Phi) is 4.49. The fraction of sp³-hybridized carbons (Fsp3) is 0.143. The van der Waals surface area contributed by atoms with Gasteiger partial charge in [-0.05, 0) is 24.3 Å². The fourth-order valence-corrected chi connectivity index (χ4v) is 1.90. The number of furan rings is 1. The zero-order chi connectivity index (χ0) is 15.4. The second-order valence-electron chi connectivity index (χ2n) is 4.15. The Labute approximate surface area is 126 Å². The van der Waals surface area contributed by atoms with E-state index in [1.54, 1.807) is 18.2 Å². The van der Waals surface area contributed by atoms with Crippen molar-refractivity contribution in [1.82, 2.24) is 0 Å². The number of anilines is 2. The van der Waals surface area contributed by atoms with Gasteiger partial charge < -0.3 is 14.5 Å². The molecule has 6 nitrogen and oxygen atoms in total. The monoisotopic (exact) mass is 308 g/mol. The Bertz CT molecular complexity index is 681. The maximum absolute atomic E-state index is 12.0. The van der Waals surface area contributed by atoms with Gasteiger partial charge in [0.2, 0.25) is 5.91 Å². The molecule has 0 spiro atoms. The van der Waals surface area contributed by atoms with Gasteiger partial charge in [-0.25, -0.2) is 0 Å². The van der Waals surface area contributed by atoms with E-state index in [4.69, 9.17) is 20.8 Å². The van der Waals surface area contributed by atoms with E-state index < -0.39 is 5.91 Å². The summed E-state index contributed by atoms with van der Waals surface area (Å²) in [6.45, 7) is 1.35. The van der Waals surface area contributed by atoms with Crippen LogP contribution in [-0.4, -0.2) is 18.9 Å². The lowest BCUT2D eigenvalue weighted by Gasteiger charge is -2.06. The Hall–Kier alpha value is -2.47. The largest absolute Gasteiger partial charge is 0.495 e. The molecule has 0 saturated carbocycles. The van der Waals surface area contributed by atoms with Crippen LogP contribution < -0.4 is 15.4 Å². The van der Waals surface area contributed by atoms with E-state index in [9.17, 15) is 9.59 Å².